The minimum atomic E-state index is 0.914. The third kappa shape index (κ3) is 1.76. The number of H-pyrrole nitrogens is 1. The number of hydrogen-bond donors (Lipinski definition) is 2. The van der Waals surface area contributed by atoms with Gasteiger partial charge in [-0.2, -0.15) is 5.10 Å². The van der Waals surface area contributed by atoms with Gasteiger partial charge in [0.1, 0.15) is 5.82 Å². The van der Waals surface area contributed by atoms with E-state index < -0.39 is 0 Å². The molecule has 0 spiro atoms. The van der Waals surface area contributed by atoms with Gasteiger partial charge in [0.25, 0.3) is 0 Å². The quantitative estimate of drug-likeness (QED) is 0.759. The molecule has 72 valence electrons. The molecule has 1 heterocycles. The van der Waals surface area contributed by atoms with E-state index in [1.165, 1.54) is 11.1 Å². The lowest BCUT2D eigenvalue weighted by atomic mass is 10.1. The first-order chi connectivity index (χ1) is 6.75. The summed E-state index contributed by atoms with van der Waals surface area (Å²) in [4.78, 5) is 0. The third-order valence-electron chi connectivity index (χ3n) is 2.15. The number of aromatic amines is 1. The number of hydrogen-bond acceptors (Lipinski definition) is 2. The first-order valence-corrected chi connectivity index (χ1v) is 4.59. The molecule has 0 amide bonds. The molecule has 2 N–H and O–H groups in total. The van der Waals surface area contributed by atoms with Crippen LogP contribution in [0.1, 0.15) is 11.1 Å². The van der Waals surface area contributed by atoms with Gasteiger partial charge in [0.2, 0.25) is 0 Å². The number of aryl methyl sites for hydroxylation is 2. The third-order valence-corrected chi connectivity index (χ3v) is 2.15. The molecule has 0 radical (unpaired) electrons. The van der Waals surface area contributed by atoms with Crippen LogP contribution in [0.15, 0.2) is 30.5 Å². The van der Waals surface area contributed by atoms with Crippen molar-refractivity contribution >= 4 is 11.5 Å². The Bertz CT molecular complexity index is 418. The Hall–Kier alpha value is -1.77. The fraction of sp³-hybridized carbons (Fsp3) is 0.182. The van der Waals surface area contributed by atoms with Crippen LogP contribution in [-0.4, -0.2) is 10.2 Å². The molecule has 0 saturated heterocycles. The Kier molecular flexibility index (Phi) is 2.23. The lowest BCUT2D eigenvalue weighted by Gasteiger charge is -2.07. The average molecular weight is 187 g/mol. The first kappa shape index (κ1) is 8.81. The molecule has 0 unspecified atom stereocenters. The Labute approximate surface area is 83.2 Å². The molecule has 2 aromatic rings. The summed E-state index contributed by atoms with van der Waals surface area (Å²) >= 11 is 0. The zero-order valence-electron chi connectivity index (χ0n) is 8.33. The maximum Gasteiger partial charge on any atom is 0.125 e. The van der Waals surface area contributed by atoms with Gasteiger partial charge in [-0.3, -0.25) is 5.10 Å². The summed E-state index contributed by atoms with van der Waals surface area (Å²) in [6.07, 6.45) is 1.73. The van der Waals surface area contributed by atoms with Crippen LogP contribution in [0.25, 0.3) is 0 Å². The number of rotatable bonds is 2. The Balaban J connectivity index is 2.25. The highest BCUT2D eigenvalue weighted by molar-refractivity contribution is 5.60. The molecule has 2 rings (SSSR count). The van der Waals surface area contributed by atoms with Crippen LogP contribution in [0.3, 0.4) is 0 Å². The largest absolute Gasteiger partial charge is 0.340 e. The van der Waals surface area contributed by atoms with Crippen molar-refractivity contribution in [1.29, 1.82) is 0 Å². The van der Waals surface area contributed by atoms with Gasteiger partial charge in [0, 0.05) is 11.8 Å². The Morgan fingerprint density at radius 1 is 1.21 bits per heavy atom. The summed E-state index contributed by atoms with van der Waals surface area (Å²) in [6, 6.07) is 8.22. The van der Waals surface area contributed by atoms with Crippen LogP contribution >= 0.6 is 0 Å². The van der Waals surface area contributed by atoms with E-state index in [0.29, 0.717) is 0 Å². The van der Waals surface area contributed by atoms with Crippen molar-refractivity contribution in [3.05, 3.63) is 41.6 Å². The Morgan fingerprint density at radius 2 is 2.07 bits per heavy atom. The molecule has 0 bridgehead atoms. The molecule has 14 heavy (non-hydrogen) atoms. The number of anilines is 2. The minimum absolute atomic E-state index is 0.914. The minimum Gasteiger partial charge on any atom is -0.340 e. The van der Waals surface area contributed by atoms with Crippen LogP contribution in [0.2, 0.25) is 0 Å². The predicted molar refractivity (Wildman–Crippen MR) is 57.8 cm³/mol. The summed E-state index contributed by atoms with van der Waals surface area (Å²) in [6.45, 7) is 4.18. The molecule has 0 atom stereocenters. The fourth-order valence-corrected chi connectivity index (χ4v) is 1.42. The van der Waals surface area contributed by atoms with Crippen molar-refractivity contribution in [3.63, 3.8) is 0 Å². The van der Waals surface area contributed by atoms with Crippen molar-refractivity contribution in [2.24, 2.45) is 0 Å². The lowest BCUT2D eigenvalue weighted by Crippen LogP contribution is -1.93. The van der Waals surface area contributed by atoms with E-state index in [1.807, 2.05) is 6.07 Å². The summed E-state index contributed by atoms with van der Waals surface area (Å²) in [5, 5.41) is 10.0. The number of aromatic nitrogens is 2. The van der Waals surface area contributed by atoms with Crippen molar-refractivity contribution in [2.45, 2.75) is 13.8 Å². The first-order valence-electron chi connectivity index (χ1n) is 4.59. The average Bonchev–Trinajstić information content (AvgIpc) is 2.62. The van der Waals surface area contributed by atoms with Crippen molar-refractivity contribution in [1.82, 2.24) is 10.2 Å². The number of nitrogens with one attached hydrogen (secondary N) is 2. The van der Waals surface area contributed by atoms with Crippen molar-refractivity contribution in [2.75, 3.05) is 5.32 Å². The van der Waals surface area contributed by atoms with E-state index in [9.17, 15) is 0 Å². The second-order valence-corrected chi connectivity index (χ2v) is 3.41. The van der Waals surface area contributed by atoms with Gasteiger partial charge in [-0.25, -0.2) is 0 Å². The second-order valence-electron chi connectivity index (χ2n) is 3.41. The SMILES string of the molecule is Cc1ccc(Nc2ccn[nH]2)c(C)c1. The van der Waals surface area contributed by atoms with Gasteiger partial charge in [-0.15, -0.1) is 0 Å². The van der Waals surface area contributed by atoms with E-state index >= 15 is 0 Å². The zero-order chi connectivity index (χ0) is 9.97. The molecule has 0 aliphatic rings. The highest BCUT2D eigenvalue weighted by Crippen LogP contribution is 2.19. The molecule has 0 saturated carbocycles. The second kappa shape index (κ2) is 3.54. The standard InChI is InChI=1S/C11H13N3/c1-8-3-4-10(9(2)7-8)13-11-5-6-12-14-11/h3-7H,1-2H3,(H2,12,13,14). The van der Waals surface area contributed by atoms with Gasteiger partial charge in [-0.1, -0.05) is 17.7 Å². The maximum atomic E-state index is 3.88. The highest BCUT2D eigenvalue weighted by atomic mass is 15.2. The molecule has 3 heteroatoms. The van der Waals surface area contributed by atoms with Gasteiger partial charge < -0.3 is 5.32 Å². The van der Waals surface area contributed by atoms with Crippen molar-refractivity contribution < 1.29 is 0 Å². The van der Waals surface area contributed by atoms with Crippen LogP contribution in [-0.2, 0) is 0 Å². The Morgan fingerprint density at radius 3 is 2.71 bits per heavy atom. The summed E-state index contributed by atoms with van der Waals surface area (Å²) in [5.41, 5.74) is 3.62. The topological polar surface area (TPSA) is 40.7 Å². The molecular weight excluding hydrogens is 174 g/mol. The van der Waals surface area contributed by atoms with Gasteiger partial charge in [0.05, 0.1) is 6.20 Å². The highest BCUT2D eigenvalue weighted by Gasteiger charge is 1.98. The number of nitrogens with zero attached hydrogens (tertiary/aromatic N) is 1. The van der Waals surface area contributed by atoms with Crippen LogP contribution in [0, 0.1) is 13.8 Å². The molecular formula is C11H13N3. The predicted octanol–water partition coefficient (Wildman–Crippen LogP) is 2.77. The van der Waals surface area contributed by atoms with E-state index in [2.05, 4.69) is 47.6 Å². The van der Waals surface area contributed by atoms with Crippen LogP contribution < -0.4 is 5.32 Å². The van der Waals surface area contributed by atoms with E-state index in [4.69, 9.17) is 0 Å². The monoisotopic (exact) mass is 187 g/mol. The van der Waals surface area contributed by atoms with E-state index in [0.717, 1.165) is 11.5 Å². The van der Waals surface area contributed by atoms with Crippen molar-refractivity contribution in [3.8, 4) is 0 Å². The van der Waals surface area contributed by atoms with E-state index in [-0.39, 0.29) is 0 Å². The lowest BCUT2D eigenvalue weighted by molar-refractivity contribution is 1.09. The molecule has 3 nitrogen and oxygen atoms in total. The summed E-state index contributed by atoms with van der Waals surface area (Å²) in [5.74, 6) is 0.914. The van der Waals surface area contributed by atoms with Gasteiger partial charge in [0.15, 0.2) is 0 Å². The molecule has 0 aliphatic heterocycles. The zero-order valence-corrected chi connectivity index (χ0v) is 8.33. The smallest absolute Gasteiger partial charge is 0.125 e. The van der Waals surface area contributed by atoms with Crippen LogP contribution in [0.4, 0.5) is 11.5 Å². The fourth-order valence-electron chi connectivity index (χ4n) is 1.42. The normalized spacial score (nSPS) is 10.1. The van der Waals surface area contributed by atoms with Gasteiger partial charge >= 0.3 is 0 Å². The number of benzene rings is 1. The summed E-state index contributed by atoms with van der Waals surface area (Å²) in [7, 11) is 0. The summed E-state index contributed by atoms with van der Waals surface area (Å²) < 4.78 is 0. The van der Waals surface area contributed by atoms with E-state index in [1.54, 1.807) is 6.20 Å². The van der Waals surface area contributed by atoms with Gasteiger partial charge in [-0.05, 0) is 25.5 Å². The molecule has 0 aliphatic carbocycles. The maximum absolute atomic E-state index is 3.88. The molecule has 1 aromatic carbocycles. The van der Waals surface area contributed by atoms with Crippen LogP contribution in [0.5, 0.6) is 0 Å². The molecule has 1 aromatic heterocycles. The molecule has 0 fully saturated rings.